The van der Waals surface area contributed by atoms with E-state index in [0.717, 1.165) is 13.0 Å². The van der Waals surface area contributed by atoms with E-state index in [9.17, 15) is 0 Å². The molecule has 0 atom stereocenters. The lowest BCUT2D eigenvalue weighted by Crippen LogP contribution is -2.53. The predicted molar refractivity (Wildman–Crippen MR) is 92.4 cm³/mol. The topological polar surface area (TPSA) is 36.9 Å². The van der Waals surface area contributed by atoms with E-state index < -0.39 is 25.2 Å². The average molecular weight is 339 g/mol. The molecule has 7 heteroatoms. The Kier molecular flexibility index (Phi) is 9.03. The minimum absolute atomic E-state index is 0.649. The van der Waals surface area contributed by atoms with Gasteiger partial charge in [-0.3, -0.25) is 0 Å². The first-order valence-corrected chi connectivity index (χ1v) is 16.9. The van der Waals surface area contributed by atoms with Crippen LogP contribution in [0, 0.1) is 0 Å². The maximum Gasteiger partial charge on any atom is 0.311 e. The highest BCUT2D eigenvalue weighted by Crippen LogP contribution is 2.20. The lowest BCUT2D eigenvalue weighted by molar-refractivity contribution is 0.0600. The van der Waals surface area contributed by atoms with Gasteiger partial charge in [-0.05, 0) is 52.2 Å². The first kappa shape index (κ1) is 20.5. The van der Waals surface area contributed by atoms with Crippen molar-refractivity contribution in [3.05, 3.63) is 0 Å². The van der Waals surface area contributed by atoms with E-state index in [4.69, 9.17) is 17.7 Å². The summed E-state index contributed by atoms with van der Waals surface area (Å²) in [5.41, 5.74) is 0. The Balaban J connectivity index is 4.04. The monoisotopic (exact) mass is 338 g/mol. The van der Waals surface area contributed by atoms with Crippen LogP contribution in [0.4, 0.5) is 0 Å². The van der Waals surface area contributed by atoms with Crippen LogP contribution in [0.3, 0.4) is 0 Å². The molecule has 20 heavy (non-hydrogen) atoms. The number of ether oxygens (including phenoxy) is 2. The summed E-state index contributed by atoms with van der Waals surface area (Å²) in [7, 11) is -5.42. The van der Waals surface area contributed by atoms with Gasteiger partial charge in [-0.15, -0.1) is 0 Å². The molecule has 0 aromatic heterocycles. The van der Waals surface area contributed by atoms with Crippen molar-refractivity contribution in [2.75, 3.05) is 26.1 Å². The van der Waals surface area contributed by atoms with Crippen molar-refractivity contribution in [2.24, 2.45) is 0 Å². The molecule has 0 aliphatic heterocycles. The highest BCUT2D eigenvalue weighted by atomic mass is 28.5. The highest BCUT2D eigenvalue weighted by molar-refractivity contribution is 6.87. The number of hydrogen-bond donors (Lipinski definition) is 0. The molecule has 0 aliphatic rings. The summed E-state index contributed by atoms with van der Waals surface area (Å²) in [5, 5.41) is 0. The van der Waals surface area contributed by atoms with Gasteiger partial charge in [-0.25, -0.2) is 0 Å². The molecule has 0 saturated carbocycles. The van der Waals surface area contributed by atoms with Crippen molar-refractivity contribution >= 4 is 25.2 Å². The van der Waals surface area contributed by atoms with Crippen molar-refractivity contribution < 1.29 is 17.7 Å². The van der Waals surface area contributed by atoms with Gasteiger partial charge in [0.15, 0.2) is 8.32 Å². The third kappa shape index (κ3) is 12.2. The van der Waals surface area contributed by atoms with E-state index in [1.807, 2.05) is 0 Å². The molecule has 0 aromatic rings. The molecule has 0 radical (unpaired) electrons. The summed E-state index contributed by atoms with van der Waals surface area (Å²) >= 11 is 0. The summed E-state index contributed by atoms with van der Waals surface area (Å²) < 4.78 is 23.7. The Morgan fingerprint density at radius 2 is 1.25 bits per heavy atom. The van der Waals surface area contributed by atoms with Gasteiger partial charge >= 0.3 is 8.56 Å². The molecule has 4 nitrogen and oxygen atoms in total. The summed E-state index contributed by atoms with van der Waals surface area (Å²) in [6.07, 6.45) is 1.76. The van der Waals surface area contributed by atoms with Crippen molar-refractivity contribution in [1.29, 1.82) is 0 Å². The molecule has 0 spiro atoms. The molecule has 0 aromatic carbocycles. The summed E-state index contributed by atoms with van der Waals surface area (Å²) in [5.74, 6) is 0. The van der Waals surface area contributed by atoms with Gasteiger partial charge in [-0.2, -0.15) is 0 Å². The number of rotatable bonds is 11. The smallest absolute Gasteiger partial charge is 0.311 e. The lowest BCUT2D eigenvalue weighted by Gasteiger charge is -2.37. The van der Waals surface area contributed by atoms with E-state index in [-0.39, 0.29) is 0 Å². The quantitative estimate of drug-likeness (QED) is 0.425. The Hall–Kier alpha value is 0.491. The van der Waals surface area contributed by atoms with Crippen molar-refractivity contribution in [2.45, 2.75) is 59.2 Å². The standard InChI is InChI=1S/C13H34O4Si3/c1-9-10-14-11-12-15-13-19(5,6)17-20(7,8)16-18(2,3)4/h9-13H2,1-8H3. The minimum atomic E-state index is -2.04. The fourth-order valence-electron chi connectivity index (χ4n) is 2.14. The van der Waals surface area contributed by atoms with Gasteiger partial charge in [0.25, 0.3) is 0 Å². The zero-order valence-electron chi connectivity index (χ0n) is 14.7. The van der Waals surface area contributed by atoms with E-state index in [0.29, 0.717) is 19.4 Å². The molecular formula is C13H34O4Si3. The molecule has 0 N–H and O–H groups in total. The molecule has 0 rings (SSSR count). The molecular weight excluding hydrogens is 304 g/mol. The normalized spacial score (nSPS) is 13.8. The summed E-state index contributed by atoms with van der Waals surface area (Å²) in [6.45, 7) is 19.5. The lowest BCUT2D eigenvalue weighted by atomic mass is 10.5. The van der Waals surface area contributed by atoms with Crippen molar-refractivity contribution in [3.63, 3.8) is 0 Å². The van der Waals surface area contributed by atoms with Crippen LogP contribution < -0.4 is 0 Å². The van der Waals surface area contributed by atoms with E-state index in [1.165, 1.54) is 0 Å². The molecule has 0 amide bonds. The Bertz CT molecular complexity index is 265. The second-order valence-corrected chi connectivity index (χ2v) is 19.6. The fraction of sp³-hybridized carbons (Fsp3) is 1.00. The van der Waals surface area contributed by atoms with Gasteiger partial charge < -0.3 is 17.7 Å². The van der Waals surface area contributed by atoms with Crippen LogP contribution in [0.5, 0.6) is 0 Å². The summed E-state index contributed by atoms with van der Waals surface area (Å²) in [6, 6.07) is 0. The summed E-state index contributed by atoms with van der Waals surface area (Å²) in [4.78, 5) is 0. The zero-order valence-corrected chi connectivity index (χ0v) is 17.7. The average Bonchev–Trinajstić information content (AvgIpc) is 2.17. The molecule has 122 valence electrons. The molecule has 0 bridgehead atoms. The predicted octanol–water partition coefficient (Wildman–Crippen LogP) is 3.74. The first-order valence-electron chi connectivity index (χ1n) is 7.53. The largest absolute Gasteiger partial charge is 0.437 e. The van der Waals surface area contributed by atoms with Gasteiger partial charge in [-0.1, -0.05) is 6.92 Å². The van der Waals surface area contributed by atoms with Crippen molar-refractivity contribution in [1.82, 2.24) is 0 Å². The Labute approximate surface area is 128 Å². The second kappa shape index (κ2) is 8.82. The van der Waals surface area contributed by atoms with Crippen LogP contribution in [-0.4, -0.2) is 51.2 Å². The minimum Gasteiger partial charge on any atom is -0.437 e. The molecule has 0 aliphatic carbocycles. The third-order valence-electron chi connectivity index (χ3n) is 2.24. The van der Waals surface area contributed by atoms with Crippen LogP contribution in [0.1, 0.15) is 13.3 Å². The number of hydrogen-bond acceptors (Lipinski definition) is 4. The van der Waals surface area contributed by atoms with Gasteiger partial charge in [0.2, 0.25) is 8.32 Å². The molecule has 0 heterocycles. The van der Waals surface area contributed by atoms with Crippen LogP contribution in [0.25, 0.3) is 0 Å². The molecule has 0 saturated heterocycles. The molecule has 0 unspecified atom stereocenters. The van der Waals surface area contributed by atoms with Gasteiger partial charge in [0.1, 0.15) is 0 Å². The fourth-order valence-corrected chi connectivity index (χ4v) is 14.8. The maximum atomic E-state index is 6.35. The van der Waals surface area contributed by atoms with Crippen LogP contribution in [0.15, 0.2) is 0 Å². The van der Waals surface area contributed by atoms with E-state index in [1.54, 1.807) is 0 Å². The maximum absolute atomic E-state index is 6.35. The SMILES string of the molecule is CCCOCCOC[Si](C)(C)O[Si](C)(C)O[Si](C)(C)C. The Morgan fingerprint density at radius 1 is 0.700 bits per heavy atom. The molecule has 0 fully saturated rings. The van der Waals surface area contributed by atoms with E-state index in [2.05, 4.69) is 52.8 Å². The first-order chi connectivity index (χ1) is 8.97. The van der Waals surface area contributed by atoms with Crippen LogP contribution in [-0.2, 0) is 17.7 Å². The van der Waals surface area contributed by atoms with Crippen LogP contribution >= 0.6 is 0 Å². The zero-order chi connectivity index (χ0) is 15.9. The van der Waals surface area contributed by atoms with E-state index >= 15 is 0 Å². The van der Waals surface area contributed by atoms with Crippen molar-refractivity contribution in [3.8, 4) is 0 Å². The van der Waals surface area contributed by atoms with Gasteiger partial charge in [0.05, 0.1) is 19.4 Å². The van der Waals surface area contributed by atoms with Crippen LogP contribution in [0.2, 0.25) is 45.8 Å². The van der Waals surface area contributed by atoms with Gasteiger partial charge in [0, 0.05) is 6.61 Å². The Morgan fingerprint density at radius 3 is 1.75 bits per heavy atom. The third-order valence-corrected chi connectivity index (χ3v) is 11.7. The highest BCUT2D eigenvalue weighted by Gasteiger charge is 2.38. The second-order valence-electron chi connectivity index (χ2n) is 7.14.